The molecule has 2 amide bonds. The van der Waals surface area contributed by atoms with Crippen LogP contribution in [0.5, 0.6) is 0 Å². The summed E-state index contributed by atoms with van der Waals surface area (Å²) in [5.41, 5.74) is 1.85. The molecule has 2 rings (SSSR count). The van der Waals surface area contributed by atoms with E-state index in [1.807, 2.05) is 26.8 Å². The number of nitrogens with one attached hydrogen (secondary N) is 3. The van der Waals surface area contributed by atoms with Crippen LogP contribution in [0.25, 0.3) is 0 Å². The molecule has 0 spiro atoms. The van der Waals surface area contributed by atoms with Crippen molar-refractivity contribution in [3.63, 3.8) is 0 Å². The molecule has 184 valence electrons. The van der Waals surface area contributed by atoms with Gasteiger partial charge in [-0.3, -0.25) is 9.59 Å². The number of carboxylic acid groups (broad SMARTS) is 1. The van der Waals surface area contributed by atoms with Crippen molar-refractivity contribution in [3.8, 4) is 0 Å². The van der Waals surface area contributed by atoms with E-state index in [2.05, 4.69) is 25.9 Å². The van der Waals surface area contributed by atoms with Crippen LogP contribution in [0.1, 0.15) is 76.5 Å². The number of carbonyl (C=O) groups excluding carboxylic acids is 2. The van der Waals surface area contributed by atoms with Gasteiger partial charge in [-0.2, -0.15) is 0 Å². The zero-order valence-electron chi connectivity index (χ0n) is 20.5. The third-order valence-corrected chi connectivity index (χ3v) is 5.87. The molecule has 0 radical (unpaired) electrons. The van der Waals surface area contributed by atoms with E-state index in [-0.39, 0.29) is 24.2 Å². The maximum Gasteiger partial charge on any atom is 0.326 e. The summed E-state index contributed by atoms with van der Waals surface area (Å²) >= 11 is 0. The van der Waals surface area contributed by atoms with E-state index in [0.29, 0.717) is 24.6 Å². The number of amides is 2. The monoisotopic (exact) mass is 461 g/mol. The van der Waals surface area contributed by atoms with Crippen LogP contribution in [0.4, 0.5) is 0 Å². The molecule has 2 heterocycles. The summed E-state index contributed by atoms with van der Waals surface area (Å²) in [4.78, 5) is 46.0. The number of aryl methyl sites for hydroxylation is 2. The molecular weight excluding hydrogens is 422 g/mol. The van der Waals surface area contributed by atoms with Gasteiger partial charge in [0.25, 0.3) is 0 Å². The summed E-state index contributed by atoms with van der Waals surface area (Å²) in [6.07, 6.45) is 3.14. The van der Waals surface area contributed by atoms with Gasteiger partial charge in [0.1, 0.15) is 17.9 Å². The van der Waals surface area contributed by atoms with Crippen LogP contribution in [0.3, 0.4) is 0 Å². The number of carbonyl (C=O) groups is 3. The molecule has 33 heavy (non-hydrogen) atoms. The lowest BCUT2D eigenvalue weighted by molar-refractivity contribution is -0.143. The maximum absolute atomic E-state index is 12.8. The molecule has 0 saturated carbocycles. The summed E-state index contributed by atoms with van der Waals surface area (Å²) in [5, 5.41) is 18.1. The normalized spacial score (nSPS) is 16.5. The number of rotatable bonds is 11. The zero-order chi connectivity index (χ0) is 24.5. The molecule has 4 N–H and O–H groups in total. The highest BCUT2D eigenvalue weighted by Crippen LogP contribution is 2.24. The number of aromatic nitrogens is 2. The Morgan fingerprint density at radius 3 is 2.36 bits per heavy atom. The molecule has 9 heteroatoms. The number of piperidine rings is 1. The third kappa shape index (κ3) is 8.72. The summed E-state index contributed by atoms with van der Waals surface area (Å²) in [6.45, 7) is 11.2. The van der Waals surface area contributed by atoms with E-state index in [0.717, 1.165) is 37.3 Å². The van der Waals surface area contributed by atoms with E-state index in [1.54, 1.807) is 13.8 Å². The molecule has 0 aromatic carbocycles. The molecule has 1 aliphatic heterocycles. The van der Waals surface area contributed by atoms with Crippen LogP contribution in [-0.2, 0) is 20.8 Å². The van der Waals surface area contributed by atoms with Crippen LogP contribution in [0.15, 0.2) is 6.07 Å². The van der Waals surface area contributed by atoms with Crippen molar-refractivity contribution in [1.29, 1.82) is 0 Å². The first kappa shape index (κ1) is 26.7. The molecule has 1 aromatic heterocycles. The Hall–Kier alpha value is -2.55. The molecule has 1 aliphatic rings. The Labute approximate surface area is 196 Å². The quantitative estimate of drug-likeness (QED) is 0.396. The standard InChI is InChI=1S/C24H39N5O4/c1-14(2)12-20(23(31)29-22(15(3)4)24(32)33)28-21(30)7-6-18-13-19(27-16(5)26-18)17-8-10-25-11-9-17/h13-15,17,20,22,25H,6-12H2,1-5H3,(H,28,30)(H,29,31)(H,32,33)/t20-,22-/m0/s1. The van der Waals surface area contributed by atoms with Gasteiger partial charge in [-0.05, 0) is 63.6 Å². The van der Waals surface area contributed by atoms with Gasteiger partial charge < -0.3 is 21.1 Å². The number of carboxylic acids is 1. The first-order valence-electron chi connectivity index (χ1n) is 11.9. The van der Waals surface area contributed by atoms with Crippen LogP contribution in [0, 0.1) is 18.8 Å². The van der Waals surface area contributed by atoms with Gasteiger partial charge in [0.05, 0.1) is 0 Å². The third-order valence-electron chi connectivity index (χ3n) is 5.87. The predicted molar refractivity (Wildman–Crippen MR) is 126 cm³/mol. The van der Waals surface area contributed by atoms with Gasteiger partial charge in [-0.25, -0.2) is 14.8 Å². The number of hydrogen-bond acceptors (Lipinski definition) is 6. The Bertz CT molecular complexity index is 821. The fourth-order valence-corrected chi connectivity index (χ4v) is 4.09. The smallest absolute Gasteiger partial charge is 0.326 e. The number of hydrogen-bond donors (Lipinski definition) is 4. The number of nitrogens with zero attached hydrogens (tertiary/aromatic N) is 2. The minimum atomic E-state index is -1.09. The van der Waals surface area contributed by atoms with E-state index < -0.39 is 24.0 Å². The van der Waals surface area contributed by atoms with Crippen molar-refractivity contribution in [2.24, 2.45) is 11.8 Å². The second kappa shape index (κ2) is 12.6. The average molecular weight is 462 g/mol. The molecule has 1 fully saturated rings. The fraction of sp³-hybridized carbons (Fsp3) is 0.708. The Kier molecular flexibility index (Phi) is 10.2. The molecule has 2 atom stereocenters. The van der Waals surface area contributed by atoms with Gasteiger partial charge >= 0.3 is 5.97 Å². The fourth-order valence-electron chi connectivity index (χ4n) is 4.09. The van der Waals surface area contributed by atoms with Crippen LogP contribution in [0.2, 0.25) is 0 Å². The highest BCUT2D eigenvalue weighted by Gasteiger charge is 2.29. The van der Waals surface area contributed by atoms with Crippen molar-refractivity contribution >= 4 is 17.8 Å². The van der Waals surface area contributed by atoms with Crippen molar-refractivity contribution in [1.82, 2.24) is 25.9 Å². The van der Waals surface area contributed by atoms with Crippen molar-refractivity contribution in [3.05, 3.63) is 23.3 Å². The van der Waals surface area contributed by atoms with Crippen LogP contribution < -0.4 is 16.0 Å². The maximum atomic E-state index is 12.8. The van der Waals surface area contributed by atoms with Gasteiger partial charge in [-0.15, -0.1) is 0 Å². The minimum Gasteiger partial charge on any atom is -0.480 e. The van der Waals surface area contributed by atoms with E-state index >= 15 is 0 Å². The average Bonchev–Trinajstić information content (AvgIpc) is 2.75. The first-order valence-corrected chi connectivity index (χ1v) is 11.9. The lowest BCUT2D eigenvalue weighted by atomic mass is 9.93. The largest absolute Gasteiger partial charge is 0.480 e. The highest BCUT2D eigenvalue weighted by molar-refractivity contribution is 5.90. The number of aliphatic carboxylic acids is 1. The second-order valence-corrected chi connectivity index (χ2v) is 9.67. The van der Waals surface area contributed by atoms with E-state index in [9.17, 15) is 19.5 Å². The molecule has 0 unspecified atom stereocenters. The molecule has 0 bridgehead atoms. The van der Waals surface area contributed by atoms with Gasteiger partial charge in [0.15, 0.2) is 0 Å². The van der Waals surface area contributed by atoms with Crippen molar-refractivity contribution < 1.29 is 19.5 Å². The topological polar surface area (TPSA) is 133 Å². The van der Waals surface area contributed by atoms with Crippen LogP contribution >= 0.6 is 0 Å². The zero-order valence-corrected chi connectivity index (χ0v) is 20.5. The Morgan fingerprint density at radius 1 is 1.12 bits per heavy atom. The Morgan fingerprint density at radius 2 is 1.79 bits per heavy atom. The molecule has 9 nitrogen and oxygen atoms in total. The van der Waals surface area contributed by atoms with E-state index in [4.69, 9.17) is 0 Å². The van der Waals surface area contributed by atoms with Gasteiger partial charge in [-0.1, -0.05) is 27.7 Å². The van der Waals surface area contributed by atoms with Crippen molar-refractivity contribution in [2.75, 3.05) is 13.1 Å². The lowest BCUT2D eigenvalue weighted by Crippen LogP contribution is -2.53. The summed E-state index contributed by atoms with van der Waals surface area (Å²) < 4.78 is 0. The molecular formula is C24H39N5O4. The second-order valence-electron chi connectivity index (χ2n) is 9.67. The summed E-state index contributed by atoms with van der Waals surface area (Å²) in [7, 11) is 0. The van der Waals surface area contributed by atoms with Crippen LogP contribution in [-0.4, -0.2) is 58.0 Å². The van der Waals surface area contributed by atoms with Gasteiger partial charge in [0, 0.05) is 23.7 Å². The lowest BCUT2D eigenvalue weighted by Gasteiger charge is -2.24. The first-order chi connectivity index (χ1) is 15.6. The van der Waals surface area contributed by atoms with Crippen molar-refractivity contribution in [2.45, 2.75) is 84.7 Å². The SMILES string of the molecule is Cc1nc(CCC(=O)N[C@@H](CC(C)C)C(=O)N[C@H](C(=O)O)C(C)C)cc(C2CCNCC2)n1. The highest BCUT2D eigenvalue weighted by atomic mass is 16.4. The minimum absolute atomic E-state index is 0.153. The summed E-state index contributed by atoms with van der Waals surface area (Å²) in [5.74, 6) is -0.820. The molecule has 0 aliphatic carbocycles. The summed E-state index contributed by atoms with van der Waals surface area (Å²) in [6, 6.07) is 0.214. The van der Waals surface area contributed by atoms with E-state index in [1.165, 1.54) is 0 Å². The van der Waals surface area contributed by atoms with Gasteiger partial charge in [0.2, 0.25) is 11.8 Å². The molecule has 1 saturated heterocycles. The Balaban J connectivity index is 2.00. The molecule has 1 aromatic rings. The predicted octanol–water partition coefficient (Wildman–Crippen LogP) is 1.94.